The van der Waals surface area contributed by atoms with Crippen LogP contribution >= 0.6 is 0 Å². The molecule has 0 N–H and O–H groups in total. The minimum Gasteiger partial charge on any atom is -0.289 e. The number of carbonyl (C=O) groups excluding carboxylic acids is 1. The van der Waals surface area contributed by atoms with E-state index in [0.717, 1.165) is 12.0 Å². The van der Waals surface area contributed by atoms with Crippen LogP contribution in [0, 0.1) is 17.3 Å². The number of hydrogen-bond donors (Lipinski definition) is 0. The summed E-state index contributed by atoms with van der Waals surface area (Å²) in [7, 11) is 0. The number of benzene rings is 1. The third-order valence-electron chi connectivity index (χ3n) is 4.66. The van der Waals surface area contributed by atoms with E-state index in [1.807, 2.05) is 36.4 Å². The Bertz CT molecular complexity index is 490. The van der Waals surface area contributed by atoms with Crippen molar-refractivity contribution in [1.29, 1.82) is 0 Å². The summed E-state index contributed by atoms with van der Waals surface area (Å²) in [4.78, 5) is 12.3. The molecular weight excluding hydrogens is 244 g/mol. The maximum Gasteiger partial charge on any atom is 0.185 e. The summed E-state index contributed by atoms with van der Waals surface area (Å²) in [5.41, 5.74) is 2.46. The van der Waals surface area contributed by atoms with Crippen molar-refractivity contribution in [3.8, 4) is 0 Å². The van der Waals surface area contributed by atoms with Crippen molar-refractivity contribution in [2.24, 2.45) is 17.3 Å². The van der Waals surface area contributed by atoms with Crippen LogP contribution in [0.25, 0.3) is 0 Å². The van der Waals surface area contributed by atoms with E-state index in [2.05, 4.69) is 27.7 Å². The summed E-state index contributed by atoms with van der Waals surface area (Å²) in [6.45, 7) is 9.18. The molecule has 0 saturated heterocycles. The Morgan fingerprint density at radius 1 is 1.15 bits per heavy atom. The zero-order valence-electron chi connectivity index (χ0n) is 13.1. The third kappa shape index (κ3) is 3.59. The molecule has 1 aromatic carbocycles. The summed E-state index contributed by atoms with van der Waals surface area (Å²) < 4.78 is 0. The Morgan fingerprint density at radius 2 is 1.80 bits per heavy atom. The quantitative estimate of drug-likeness (QED) is 0.528. The van der Waals surface area contributed by atoms with Crippen molar-refractivity contribution in [3.63, 3.8) is 0 Å². The average Bonchev–Trinajstić information content (AvgIpc) is 2.41. The van der Waals surface area contributed by atoms with Gasteiger partial charge in [0.25, 0.3) is 0 Å². The predicted molar refractivity (Wildman–Crippen MR) is 84.8 cm³/mol. The van der Waals surface area contributed by atoms with Crippen molar-refractivity contribution in [2.45, 2.75) is 47.0 Å². The molecular formula is C19H26O. The Balaban J connectivity index is 2.17. The molecule has 1 saturated carbocycles. The molecule has 1 heteroatoms. The average molecular weight is 270 g/mol. The predicted octanol–water partition coefficient (Wildman–Crippen LogP) is 5.28. The first-order valence-corrected chi connectivity index (χ1v) is 7.68. The Labute approximate surface area is 123 Å². The van der Waals surface area contributed by atoms with Crippen LogP contribution in [0.3, 0.4) is 0 Å². The van der Waals surface area contributed by atoms with Gasteiger partial charge in [-0.2, -0.15) is 0 Å². The minimum atomic E-state index is 0.155. The van der Waals surface area contributed by atoms with E-state index < -0.39 is 0 Å². The van der Waals surface area contributed by atoms with Crippen molar-refractivity contribution in [3.05, 3.63) is 47.5 Å². The molecule has 2 rings (SSSR count). The Kier molecular flexibility index (Phi) is 4.47. The van der Waals surface area contributed by atoms with Gasteiger partial charge < -0.3 is 0 Å². The highest BCUT2D eigenvalue weighted by Gasteiger charge is 2.31. The highest BCUT2D eigenvalue weighted by Crippen LogP contribution is 2.42. The molecule has 2 atom stereocenters. The largest absolute Gasteiger partial charge is 0.289 e. The molecule has 108 valence electrons. The molecule has 0 bridgehead atoms. The van der Waals surface area contributed by atoms with E-state index in [1.165, 1.54) is 18.4 Å². The highest BCUT2D eigenvalue weighted by atomic mass is 16.1. The summed E-state index contributed by atoms with van der Waals surface area (Å²) in [6.07, 6.45) is 5.46. The Morgan fingerprint density at radius 3 is 2.40 bits per heavy atom. The van der Waals surface area contributed by atoms with Gasteiger partial charge in [0.2, 0.25) is 0 Å². The molecule has 0 aliphatic heterocycles. The monoisotopic (exact) mass is 270 g/mol. The molecule has 1 aliphatic carbocycles. The minimum absolute atomic E-state index is 0.155. The lowest BCUT2D eigenvalue weighted by molar-refractivity contribution is 0.104. The maximum atomic E-state index is 12.3. The zero-order valence-corrected chi connectivity index (χ0v) is 13.1. The van der Waals surface area contributed by atoms with E-state index in [1.54, 1.807) is 0 Å². The van der Waals surface area contributed by atoms with E-state index in [4.69, 9.17) is 0 Å². The zero-order chi connectivity index (χ0) is 14.8. The van der Waals surface area contributed by atoms with Gasteiger partial charge in [-0.15, -0.1) is 0 Å². The highest BCUT2D eigenvalue weighted by molar-refractivity contribution is 6.04. The number of ketones is 1. The maximum absolute atomic E-state index is 12.3. The second kappa shape index (κ2) is 5.95. The van der Waals surface area contributed by atoms with Crippen LogP contribution in [0.2, 0.25) is 0 Å². The first-order valence-electron chi connectivity index (χ1n) is 7.68. The topological polar surface area (TPSA) is 17.1 Å². The smallest absolute Gasteiger partial charge is 0.185 e. The number of rotatable bonds is 2. The van der Waals surface area contributed by atoms with Gasteiger partial charge in [-0.05, 0) is 42.6 Å². The number of allylic oxidation sites excluding steroid dienone is 2. The molecule has 0 amide bonds. The van der Waals surface area contributed by atoms with E-state index >= 15 is 0 Å². The molecule has 2 unspecified atom stereocenters. The molecule has 20 heavy (non-hydrogen) atoms. The third-order valence-corrected chi connectivity index (χ3v) is 4.66. The molecule has 1 aromatic rings. The van der Waals surface area contributed by atoms with E-state index in [9.17, 15) is 4.79 Å². The van der Waals surface area contributed by atoms with Crippen LogP contribution in [0.4, 0.5) is 0 Å². The van der Waals surface area contributed by atoms with Gasteiger partial charge >= 0.3 is 0 Å². The SMILES string of the molecule is CC1CCC(C(C)(C)C)C/C1=C\C(=O)c1ccccc1. The van der Waals surface area contributed by atoms with E-state index in [-0.39, 0.29) is 5.78 Å². The fourth-order valence-electron chi connectivity index (χ4n) is 3.02. The van der Waals surface area contributed by atoms with Gasteiger partial charge in [0, 0.05) is 5.56 Å². The summed E-state index contributed by atoms with van der Waals surface area (Å²) >= 11 is 0. The second-order valence-electron chi connectivity index (χ2n) is 7.19. The van der Waals surface area contributed by atoms with Gasteiger partial charge in [-0.25, -0.2) is 0 Å². The second-order valence-corrected chi connectivity index (χ2v) is 7.19. The fourth-order valence-corrected chi connectivity index (χ4v) is 3.02. The first-order chi connectivity index (χ1) is 9.38. The van der Waals surface area contributed by atoms with Crippen LogP contribution < -0.4 is 0 Å². The van der Waals surface area contributed by atoms with E-state index in [0.29, 0.717) is 17.3 Å². The van der Waals surface area contributed by atoms with Crippen molar-refractivity contribution in [1.82, 2.24) is 0 Å². The van der Waals surface area contributed by atoms with Crippen molar-refractivity contribution < 1.29 is 4.79 Å². The van der Waals surface area contributed by atoms with Crippen molar-refractivity contribution >= 4 is 5.78 Å². The van der Waals surface area contributed by atoms with Gasteiger partial charge in [0.15, 0.2) is 5.78 Å². The van der Waals surface area contributed by atoms with Crippen LogP contribution in [-0.4, -0.2) is 5.78 Å². The fraction of sp³-hybridized carbons (Fsp3) is 0.526. The van der Waals surface area contributed by atoms with Gasteiger partial charge in [-0.3, -0.25) is 4.79 Å². The lowest BCUT2D eigenvalue weighted by atomic mass is 9.68. The summed E-state index contributed by atoms with van der Waals surface area (Å²) in [5, 5.41) is 0. The lowest BCUT2D eigenvalue weighted by Gasteiger charge is -2.37. The van der Waals surface area contributed by atoms with Crippen LogP contribution in [0.15, 0.2) is 42.0 Å². The van der Waals surface area contributed by atoms with Gasteiger partial charge in [0.1, 0.15) is 0 Å². The molecule has 0 heterocycles. The van der Waals surface area contributed by atoms with Crippen LogP contribution in [0.1, 0.15) is 57.3 Å². The molecule has 0 aromatic heterocycles. The molecule has 0 radical (unpaired) electrons. The normalized spacial score (nSPS) is 25.7. The number of hydrogen-bond acceptors (Lipinski definition) is 1. The molecule has 0 spiro atoms. The van der Waals surface area contributed by atoms with Crippen molar-refractivity contribution in [2.75, 3.05) is 0 Å². The van der Waals surface area contributed by atoms with Crippen LogP contribution in [0.5, 0.6) is 0 Å². The molecule has 1 aliphatic rings. The summed E-state index contributed by atoms with van der Waals surface area (Å²) in [5.74, 6) is 1.39. The lowest BCUT2D eigenvalue weighted by Crippen LogP contribution is -2.26. The standard InChI is InChI=1S/C19H26O/c1-14-10-11-17(19(2,3)4)12-16(14)13-18(20)15-8-6-5-7-9-15/h5-9,13-14,17H,10-12H2,1-4H3/b16-13+. The van der Waals surface area contributed by atoms with Crippen LogP contribution in [-0.2, 0) is 0 Å². The Hall–Kier alpha value is -1.37. The first kappa shape index (κ1) is 15.0. The molecule has 1 nitrogen and oxygen atoms in total. The number of carbonyl (C=O) groups is 1. The molecule has 1 fully saturated rings. The van der Waals surface area contributed by atoms with Gasteiger partial charge in [-0.1, -0.05) is 63.6 Å². The van der Waals surface area contributed by atoms with Gasteiger partial charge in [0.05, 0.1) is 0 Å². The summed E-state index contributed by atoms with van der Waals surface area (Å²) in [6, 6.07) is 9.59.